The van der Waals surface area contributed by atoms with E-state index in [0.717, 1.165) is 54.8 Å². The van der Waals surface area contributed by atoms with E-state index < -0.39 is 5.97 Å². The Balaban J connectivity index is 1.38. The van der Waals surface area contributed by atoms with Gasteiger partial charge >= 0.3 is 11.9 Å². The molecule has 0 aromatic heterocycles. The first-order valence-corrected chi connectivity index (χ1v) is 15.2. The first-order chi connectivity index (χ1) is 17.0. The number of hydrogen-bond donors (Lipinski definition) is 1. The van der Waals surface area contributed by atoms with Crippen LogP contribution in [0.25, 0.3) is 0 Å². The highest BCUT2D eigenvalue weighted by Gasteiger charge is 2.59. The molecule has 0 heterocycles. The molecule has 0 spiro atoms. The number of fused-ring (bicyclic) bond motifs is 5. The average Bonchev–Trinajstić information content (AvgIpc) is 3.16. The lowest BCUT2D eigenvalue weighted by atomic mass is 9.47. The predicted molar refractivity (Wildman–Crippen MR) is 144 cm³/mol. The molecule has 0 aromatic rings. The van der Waals surface area contributed by atoms with Gasteiger partial charge in [-0.1, -0.05) is 65.5 Å². The van der Waals surface area contributed by atoms with E-state index in [1.54, 1.807) is 5.57 Å². The summed E-state index contributed by atoms with van der Waals surface area (Å²) < 4.78 is 5.80. The van der Waals surface area contributed by atoms with Gasteiger partial charge in [-0.05, 0) is 97.7 Å². The van der Waals surface area contributed by atoms with Gasteiger partial charge in [-0.25, -0.2) is 0 Å². The van der Waals surface area contributed by atoms with Crippen LogP contribution >= 0.6 is 0 Å². The molecule has 1 unspecified atom stereocenters. The fourth-order valence-corrected chi connectivity index (χ4v) is 9.38. The molecule has 4 nitrogen and oxygen atoms in total. The number of esters is 1. The van der Waals surface area contributed by atoms with Crippen LogP contribution in [0.15, 0.2) is 11.6 Å². The van der Waals surface area contributed by atoms with Crippen molar-refractivity contribution in [2.24, 2.45) is 46.3 Å². The first-order valence-electron chi connectivity index (χ1n) is 15.2. The third kappa shape index (κ3) is 5.58. The van der Waals surface area contributed by atoms with Crippen LogP contribution in [-0.2, 0) is 14.3 Å². The van der Waals surface area contributed by atoms with Crippen molar-refractivity contribution >= 4 is 11.9 Å². The SMILES string of the molecule is CC(C)CCC[C@@H](C)C1CC[C@H]2[C@@H]3CC=C4C[C@@H](OC(=O)CCCC(=O)O)CC[C@]4(C)[C@H]3CC[C@]12C. The molecule has 0 saturated heterocycles. The van der Waals surface area contributed by atoms with E-state index in [1.807, 2.05) is 0 Å². The normalized spacial score (nSPS) is 38.5. The molecule has 0 aliphatic heterocycles. The molecule has 36 heavy (non-hydrogen) atoms. The minimum Gasteiger partial charge on any atom is -0.481 e. The Kier molecular flexibility index (Phi) is 8.62. The van der Waals surface area contributed by atoms with Crippen LogP contribution in [0.1, 0.15) is 125 Å². The summed E-state index contributed by atoms with van der Waals surface area (Å²) in [6, 6.07) is 0. The second-order valence-electron chi connectivity index (χ2n) is 13.9. The Morgan fingerprint density at radius 1 is 1.00 bits per heavy atom. The van der Waals surface area contributed by atoms with Crippen molar-refractivity contribution in [1.82, 2.24) is 0 Å². The van der Waals surface area contributed by atoms with Crippen molar-refractivity contribution in [3.8, 4) is 0 Å². The Morgan fingerprint density at radius 3 is 2.50 bits per heavy atom. The summed E-state index contributed by atoms with van der Waals surface area (Å²) >= 11 is 0. The van der Waals surface area contributed by atoms with Crippen molar-refractivity contribution in [3.63, 3.8) is 0 Å². The van der Waals surface area contributed by atoms with Crippen LogP contribution in [-0.4, -0.2) is 23.1 Å². The highest BCUT2D eigenvalue weighted by Crippen LogP contribution is 2.67. The molecular formula is C32H52O4. The zero-order chi connectivity index (χ0) is 26.1. The first kappa shape index (κ1) is 27.7. The second kappa shape index (κ2) is 11.2. The summed E-state index contributed by atoms with van der Waals surface area (Å²) in [5.74, 6) is 3.94. The molecule has 4 aliphatic carbocycles. The molecule has 0 aromatic carbocycles. The van der Waals surface area contributed by atoms with Gasteiger partial charge in [0.25, 0.3) is 0 Å². The molecule has 8 atom stereocenters. The monoisotopic (exact) mass is 500 g/mol. The number of ether oxygens (including phenoxy) is 1. The highest BCUT2D eigenvalue weighted by molar-refractivity contribution is 5.71. The van der Waals surface area contributed by atoms with Gasteiger partial charge in [-0.15, -0.1) is 0 Å². The highest BCUT2D eigenvalue weighted by atomic mass is 16.5. The van der Waals surface area contributed by atoms with Gasteiger partial charge in [0.1, 0.15) is 6.10 Å². The second-order valence-corrected chi connectivity index (χ2v) is 13.9. The molecule has 1 N–H and O–H groups in total. The minimum atomic E-state index is -0.851. The predicted octanol–water partition coefficient (Wildman–Crippen LogP) is 8.19. The van der Waals surface area contributed by atoms with Crippen LogP contribution in [0.4, 0.5) is 0 Å². The van der Waals surface area contributed by atoms with Crippen molar-refractivity contribution in [2.45, 2.75) is 131 Å². The lowest BCUT2D eigenvalue weighted by molar-refractivity contribution is -0.151. The fourth-order valence-electron chi connectivity index (χ4n) is 9.38. The Hall–Kier alpha value is -1.32. The van der Waals surface area contributed by atoms with Gasteiger partial charge in [0.15, 0.2) is 0 Å². The standard InChI is InChI=1S/C32H52O4/c1-21(2)8-6-9-22(3)26-14-15-27-25-13-12-23-20-24(36-30(35)11-7-10-29(33)34)16-18-31(23,4)28(25)17-19-32(26,27)5/h12,21-22,24-28H,6-11,13-20H2,1-5H3,(H,33,34)/t22-,24+,25+,26?,27+,28+,31+,32-/m1/s1. The molecule has 4 rings (SSSR count). The third-order valence-electron chi connectivity index (χ3n) is 11.3. The quantitative estimate of drug-likeness (QED) is 0.242. The van der Waals surface area contributed by atoms with E-state index in [2.05, 4.69) is 40.7 Å². The van der Waals surface area contributed by atoms with Crippen molar-refractivity contribution in [3.05, 3.63) is 11.6 Å². The van der Waals surface area contributed by atoms with E-state index >= 15 is 0 Å². The number of allylic oxidation sites excluding steroid dienone is 1. The van der Waals surface area contributed by atoms with Crippen molar-refractivity contribution in [1.29, 1.82) is 0 Å². The minimum absolute atomic E-state index is 0.0315. The van der Waals surface area contributed by atoms with E-state index in [1.165, 1.54) is 51.4 Å². The third-order valence-corrected chi connectivity index (χ3v) is 11.3. The summed E-state index contributed by atoms with van der Waals surface area (Å²) in [7, 11) is 0. The van der Waals surface area contributed by atoms with Gasteiger partial charge in [-0.3, -0.25) is 9.59 Å². The Labute approximate surface area is 220 Å². The smallest absolute Gasteiger partial charge is 0.306 e. The number of carbonyl (C=O) groups is 2. The number of carbonyl (C=O) groups excluding carboxylic acids is 1. The fraction of sp³-hybridized carbons (Fsp3) is 0.875. The zero-order valence-electron chi connectivity index (χ0n) is 23.7. The average molecular weight is 501 g/mol. The van der Waals surface area contributed by atoms with E-state index in [4.69, 9.17) is 9.84 Å². The molecule has 0 amide bonds. The Bertz CT molecular complexity index is 830. The summed E-state index contributed by atoms with van der Waals surface area (Å²) in [6.45, 7) is 12.4. The van der Waals surface area contributed by atoms with Crippen LogP contribution < -0.4 is 0 Å². The lowest BCUT2D eigenvalue weighted by Gasteiger charge is -2.58. The summed E-state index contributed by atoms with van der Waals surface area (Å²) in [5.41, 5.74) is 2.32. The van der Waals surface area contributed by atoms with Gasteiger partial charge < -0.3 is 9.84 Å². The molecule has 0 bridgehead atoms. The van der Waals surface area contributed by atoms with E-state index in [0.29, 0.717) is 11.8 Å². The topological polar surface area (TPSA) is 63.6 Å². The van der Waals surface area contributed by atoms with Gasteiger partial charge in [0, 0.05) is 19.3 Å². The molecule has 4 aliphatic rings. The zero-order valence-corrected chi connectivity index (χ0v) is 23.7. The number of carboxylic acids is 1. The molecular weight excluding hydrogens is 448 g/mol. The summed E-state index contributed by atoms with van der Waals surface area (Å²) in [6.07, 6.45) is 17.0. The molecule has 0 radical (unpaired) electrons. The lowest BCUT2D eigenvalue weighted by Crippen LogP contribution is -2.51. The van der Waals surface area contributed by atoms with Crippen LogP contribution in [0.2, 0.25) is 0 Å². The van der Waals surface area contributed by atoms with Crippen LogP contribution in [0.3, 0.4) is 0 Å². The maximum absolute atomic E-state index is 12.3. The number of aliphatic carboxylic acids is 1. The summed E-state index contributed by atoms with van der Waals surface area (Å²) in [4.78, 5) is 23.0. The van der Waals surface area contributed by atoms with E-state index in [9.17, 15) is 9.59 Å². The number of carboxylic acid groups (broad SMARTS) is 1. The van der Waals surface area contributed by atoms with Gasteiger partial charge in [0.05, 0.1) is 0 Å². The molecule has 4 heteroatoms. The maximum Gasteiger partial charge on any atom is 0.306 e. The molecule has 204 valence electrons. The molecule has 3 saturated carbocycles. The summed E-state index contributed by atoms with van der Waals surface area (Å²) in [5, 5.41) is 8.81. The van der Waals surface area contributed by atoms with E-state index in [-0.39, 0.29) is 30.3 Å². The number of rotatable bonds is 10. The van der Waals surface area contributed by atoms with Crippen molar-refractivity contribution in [2.75, 3.05) is 0 Å². The molecule has 3 fully saturated rings. The van der Waals surface area contributed by atoms with Gasteiger partial charge in [-0.2, -0.15) is 0 Å². The Morgan fingerprint density at radius 2 is 1.78 bits per heavy atom. The maximum atomic E-state index is 12.3. The van der Waals surface area contributed by atoms with Crippen LogP contribution in [0.5, 0.6) is 0 Å². The van der Waals surface area contributed by atoms with Crippen molar-refractivity contribution < 1.29 is 19.4 Å². The van der Waals surface area contributed by atoms with Gasteiger partial charge in [0.2, 0.25) is 0 Å². The van der Waals surface area contributed by atoms with Crippen LogP contribution in [0, 0.1) is 46.3 Å². The number of hydrogen-bond acceptors (Lipinski definition) is 3. The largest absolute Gasteiger partial charge is 0.481 e.